The van der Waals surface area contributed by atoms with Crippen molar-refractivity contribution in [3.63, 3.8) is 0 Å². The average Bonchev–Trinajstić information content (AvgIpc) is 2.85. The zero-order valence-electron chi connectivity index (χ0n) is 20.5. The zero-order valence-corrected chi connectivity index (χ0v) is 22.9. The lowest BCUT2D eigenvalue weighted by Crippen LogP contribution is -2.42. The molecule has 0 saturated heterocycles. The molecule has 16 heteroatoms. The van der Waals surface area contributed by atoms with Crippen LogP contribution in [0.2, 0.25) is 5.02 Å². The van der Waals surface area contributed by atoms with Crippen LogP contribution in [0.5, 0.6) is 11.5 Å². The highest BCUT2D eigenvalue weighted by Crippen LogP contribution is 2.37. The van der Waals surface area contributed by atoms with E-state index in [0.717, 1.165) is 44.6 Å². The maximum atomic E-state index is 14.0. The first kappa shape index (κ1) is 31.1. The molecule has 0 fully saturated rings. The van der Waals surface area contributed by atoms with Crippen LogP contribution in [0, 0.1) is 11.6 Å². The third-order valence-corrected chi connectivity index (χ3v) is 8.24. The standard InChI is InChI=1S/C24H19ClF5N3O5S2/c1-3-32(40(2,36)37)39-33(23(35)31-22(34)21-18(26)5-4-6-19(21)27)15-8-10-16(11-9-15)38-20-12-7-14(13-17(20)25)24(28,29)30/h4-13H,3H2,1-2H3,(H,31,34,35). The molecule has 0 bridgehead atoms. The van der Waals surface area contributed by atoms with E-state index >= 15 is 0 Å². The Labute approximate surface area is 235 Å². The minimum atomic E-state index is -4.61. The number of carbonyl (C=O) groups is 2. The molecule has 0 unspecified atom stereocenters. The molecule has 0 spiro atoms. The Morgan fingerprint density at radius 1 is 1.02 bits per heavy atom. The maximum absolute atomic E-state index is 14.0. The Morgan fingerprint density at radius 3 is 2.12 bits per heavy atom. The lowest BCUT2D eigenvalue weighted by molar-refractivity contribution is -0.137. The molecule has 0 aliphatic rings. The molecule has 8 nitrogen and oxygen atoms in total. The second-order valence-corrected chi connectivity index (χ2v) is 11.4. The molecule has 40 heavy (non-hydrogen) atoms. The van der Waals surface area contributed by atoms with Crippen LogP contribution in [0.1, 0.15) is 22.8 Å². The Bertz CT molecular complexity index is 1500. The van der Waals surface area contributed by atoms with Crippen molar-refractivity contribution in [2.24, 2.45) is 0 Å². The van der Waals surface area contributed by atoms with Crippen molar-refractivity contribution in [2.45, 2.75) is 13.1 Å². The van der Waals surface area contributed by atoms with E-state index in [1.165, 1.54) is 31.2 Å². The van der Waals surface area contributed by atoms with Crippen LogP contribution in [-0.4, -0.2) is 36.9 Å². The highest BCUT2D eigenvalue weighted by Gasteiger charge is 2.31. The number of benzene rings is 3. The summed E-state index contributed by atoms with van der Waals surface area (Å²) in [5.74, 6) is -3.88. The molecule has 3 aromatic rings. The van der Waals surface area contributed by atoms with E-state index in [4.69, 9.17) is 16.3 Å². The van der Waals surface area contributed by atoms with E-state index in [0.29, 0.717) is 18.2 Å². The number of carbonyl (C=O) groups excluding carboxylic acids is 2. The monoisotopic (exact) mass is 623 g/mol. The number of hydrogen-bond acceptors (Lipinski definition) is 6. The number of halogens is 6. The van der Waals surface area contributed by atoms with Gasteiger partial charge in [0.1, 0.15) is 28.7 Å². The molecule has 0 heterocycles. The fourth-order valence-electron chi connectivity index (χ4n) is 3.11. The summed E-state index contributed by atoms with van der Waals surface area (Å²) in [5.41, 5.74) is -2.00. The average molecular weight is 624 g/mol. The second kappa shape index (κ2) is 12.4. The number of ether oxygens (including phenoxy) is 1. The first-order valence-corrected chi connectivity index (χ1v) is 14.0. The lowest BCUT2D eigenvalue weighted by Gasteiger charge is -2.26. The van der Waals surface area contributed by atoms with Crippen molar-refractivity contribution in [1.82, 2.24) is 9.03 Å². The first-order valence-electron chi connectivity index (χ1n) is 11.0. The SMILES string of the molecule is CCN(SN(C(=O)NC(=O)c1c(F)cccc1F)c1ccc(Oc2ccc(C(F)(F)F)cc2Cl)cc1)S(C)(=O)=O. The van der Waals surface area contributed by atoms with Gasteiger partial charge in [0.25, 0.3) is 5.91 Å². The molecule has 3 aromatic carbocycles. The molecule has 0 radical (unpaired) electrons. The van der Waals surface area contributed by atoms with E-state index in [2.05, 4.69) is 0 Å². The molecule has 1 N–H and O–H groups in total. The Morgan fingerprint density at radius 2 is 1.62 bits per heavy atom. The molecule has 214 valence electrons. The van der Waals surface area contributed by atoms with Crippen LogP contribution in [0.4, 0.5) is 32.4 Å². The van der Waals surface area contributed by atoms with Crippen LogP contribution in [0.25, 0.3) is 0 Å². The third-order valence-electron chi connectivity index (χ3n) is 4.95. The van der Waals surface area contributed by atoms with Gasteiger partial charge in [-0.1, -0.05) is 24.6 Å². The van der Waals surface area contributed by atoms with Crippen molar-refractivity contribution in [1.29, 1.82) is 0 Å². The predicted molar refractivity (Wildman–Crippen MR) is 139 cm³/mol. The van der Waals surface area contributed by atoms with E-state index in [-0.39, 0.29) is 28.8 Å². The maximum Gasteiger partial charge on any atom is 0.416 e. The molecule has 0 aliphatic heterocycles. The van der Waals surface area contributed by atoms with Crippen molar-refractivity contribution < 1.29 is 44.7 Å². The topological polar surface area (TPSA) is 96.0 Å². The van der Waals surface area contributed by atoms with Gasteiger partial charge >= 0.3 is 12.2 Å². The van der Waals surface area contributed by atoms with E-state index < -0.39 is 50.9 Å². The molecule has 0 aromatic heterocycles. The van der Waals surface area contributed by atoms with Crippen LogP contribution in [0.15, 0.2) is 60.7 Å². The van der Waals surface area contributed by atoms with Gasteiger partial charge in [-0.2, -0.15) is 13.2 Å². The van der Waals surface area contributed by atoms with Crippen LogP contribution >= 0.6 is 23.7 Å². The number of nitrogens with zero attached hydrogens (tertiary/aromatic N) is 2. The minimum absolute atomic E-state index is 0.00253. The fourth-order valence-corrected chi connectivity index (χ4v) is 5.11. The lowest BCUT2D eigenvalue weighted by atomic mass is 10.2. The number of hydrogen-bond donors (Lipinski definition) is 1. The molecule has 0 atom stereocenters. The van der Waals surface area contributed by atoms with Crippen molar-refractivity contribution >= 4 is 51.4 Å². The van der Waals surface area contributed by atoms with Crippen molar-refractivity contribution in [3.05, 3.63) is 88.4 Å². The number of urea groups is 1. The Kier molecular flexibility index (Phi) is 9.66. The third kappa shape index (κ3) is 7.62. The summed E-state index contributed by atoms with van der Waals surface area (Å²) in [7, 11) is -3.86. The summed E-state index contributed by atoms with van der Waals surface area (Å²) in [6.07, 6.45) is -3.73. The summed E-state index contributed by atoms with van der Waals surface area (Å²) in [6, 6.07) is 9.03. The summed E-state index contributed by atoms with van der Waals surface area (Å²) < 4.78 is 98.0. The van der Waals surface area contributed by atoms with Gasteiger partial charge in [0.2, 0.25) is 10.0 Å². The number of amides is 3. The summed E-state index contributed by atoms with van der Waals surface area (Å²) in [5, 5.41) is 1.50. The summed E-state index contributed by atoms with van der Waals surface area (Å²) >= 11 is 6.29. The van der Waals surface area contributed by atoms with E-state index in [9.17, 15) is 40.0 Å². The number of nitrogens with one attached hydrogen (secondary N) is 1. The minimum Gasteiger partial charge on any atom is -0.456 e. The van der Waals surface area contributed by atoms with Gasteiger partial charge in [-0.25, -0.2) is 26.3 Å². The fraction of sp³-hybridized carbons (Fsp3) is 0.167. The van der Waals surface area contributed by atoms with E-state index in [1.54, 1.807) is 0 Å². The van der Waals surface area contributed by atoms with Gasteiger partial charge in [-0.05, 0) is 54.6 Å². The first-order chi connectivity index (χ1) is 18.6. The zero-order chi connectivity index (χ0) is 29.8. The smallest absolute Gasteiger partial charge is 0.416 e. The Balaban J connectivity index is 1.89. The van der Waals surface area contributed by atoms with Gasteiger partial charge in [0, 0.05) is 6.54 Å². The Hall–Kier alpha value is -3.40. The van der Waals surface area contributed by atoms with Gasteiger partial charge in [-0.15, -0.1) is 3.71 Å². The van der Waals surface area contributed by atoms with Gasteiger partial charge in [0.15, 0.2) is 0 Å². The van der Waals surface area contributed by atoms with Gasteiger partial charge in [0.05, 0.1) is 34.7 Å². The molecular weight excluding hydrogens is 605 g/mol. The van der Waals surface area contributed by atoms with Crippen LogP contribution < -0.4 is 14.4 Å². The summed E-state index contributed by atoms with van der Waals surface area (Å²) in [6.45, 7) is 1.38. The number of imide groups is 1. The number of alkyl halides is 3. The van der Waals surface area contributed by atoms with Crippen LogP contribution in [0.3, 0.4) is 0 Å². The molecule has 3 amide bonds. The quantitative estimate of drug-likeness (QED) is 0.224. The predicted octanol–water partition coefficient (Wildman–Crippen LogP) is 6.63. The van der Waals surface area contributed by atoms with Crippen LogP contribution in [-0.2, 0) is 16.2 Å². The van der Waals surface area contributed by atoms with E-state index in [1.807, 2.05) is 5.32 Å². The van der Waals surface area contributed by atoms with Gasteiger partial charge < -0.3 is 4.74 Å². The number of rotatable bonds is 8. The summed E-state index contributed by atoms with van der Waals surface area (Å²) in [4.78, 5) is 25.5. The molecule has 3 rings (SSSR count). The molecular formula is C24H19ClF5N3O5S2. The highest BCUT2D eigenvalue weighted by molar-refractivity contribution is 8.09. The van der Waals surface area contributed by atoms with Crippen molar-refractivity contribution in [2.75, 3.05) is 17.1 Å². The normalized spacial score (nSPS) is 11.8. The van der Waals surface area contributed by atoms with Crippen molar-refractivity contribution in [3.8, 4) is 11.5 Å². The highest BCUT2D eigenvalue weighted by atomic mass is 35.5. The number of anilines is 1. The second-order valence-electron chi connectivity index (χ2n) is 7.85. The number of sulfonamides is 1. The largest absolute Gasteiger partial charge is 0.456 e. The van der Waals surface area contributed by atoms with Gasteiger partial charge in [-0.3, -0.25) is 10.1 Å². The molecule has 0 saturated carbocycles. The molecule has 0 aliphatic carbocycles.